The smallest absolute Gasteiger partial charge is 0.253 e. The Hall–Kier alpha value is -1.92. The van der Waals surface area contributed by atoms with Crippen molar-refractivity contribution in [2.75, 3.05) is 33.4 Å². The van der Waals surface area contributed by atoms with Gasteiger partial charge in [0.25, 0.3) is 5.91 Å². The lowest BCUT2D eigenvalue weighted by molar-refractivity contribution is 0.0955. The summed E-state index contributed by atoms with van der Waals surface area (Å²) in [4.78, 5) is 17.0. The van der Waals surface area contributed by atoms with E-state index in [2.05, 4.69) is 21.7 Å². The molecule has 0 aliphatic carbocycles. The Kier molecular flexibility index (Phi) is 9.30. The van der Waals surface area contributed by atoms with Crippen LogP contribution in [0.3, 0.4) is 0 Å². The maximum atomic E-state index is 12.6. The Morgan fingerprint density at radius 1 is 1.04 bits per heavy atom. The highest BCUT2D eigenvalue weighted by Crippen LogP contribution is 2.27. The molecule has 1 heterocycles. The third kappa shape index (κ3) is 5.05. The molecule has 140 valence electrons. The van der Waals surface area contributed by atoms with Crippen molar-refractivity contribution < 1.29 is 9.53 Å². The molecule has 0 unspecified atom stereocenters. The number of carbonyl (C=O) groups excluding carboxylic acids is 1. The van der Waals surface area contributed by atoms with E-state index in [9.17, 15) is 4.79 Å². The summed E-state index contributed by atoms with van der Waals surface area (Å²) in [5.74, 6) is -0.0991. The molecule has 1 amide bonds. The Morgan fingerprint density at radius 2 is 1.81 bits per heavy atom. The summed E-state index contributed by atoms with van der Waals surface area (Å²) in [5.41, 5.74) is 1.35. The number of pyridine rings is 1. The normalized spacial score (nSPS) is 10.2. The standard InChI is InChI=1S/C19H21N3O2.2ClH/c1-24-12-11-20-9-10-22-19(23)17-13-14-5-2-3-6-15(14)16-7-4-8-21-18(16)17;;/h2-8,13,20H,9-12H2,1H3,(H,22,23);2*1H. The number of aromatic nitrogens is 1. The first-order valence-electron chi connectivity index (χ1n) is 8.05. The van der Waals surface area contributed by atoms with Crippen molar-refractivity contribution >= 4 is 52.4 Å². The van der Waals surface area contributed by atoms with Crippen LogP contribution in [0.4, 0.5) is 0 Å². The molecule has 2 N–H and O–H groups in total. The quantitative estimate of drug-likeness (QED) is 0.476. The first-order valence-corrected chi connectivity index (χ1v) is 8.05. The van der Waals surface area contributed by atoms with E-state index in [0.717, 1.165) is 28.2 Å². The van der Waals surface area contributed by atoms with Crippen molar-refractivity contribution in [3.8, 4) is 0 Å². The van der Waals surface area contributed by atoms with E-state index < -0.39 is 0 Å². The van der Waals surface area contributed by atoms with Gasteiger partial charge >= 0.3 is 0 Å². The molecule has 26 heavy (non-hydrogen) atoms. The molecule has 2 aromatic carbocycles. The summed E-state index contributed by atoms with van der Waals surface area (Å²) < 4.78 is 4.97. The van der Waals surface area contributed by atoms with E-state index >= 15 is 0 Å². The van der Waals surface area contributed by atoms with Gasteiger partial charge in [-0.25, -0.2) is 0 Å². The molecule has 3 rings (SSSR count). The second-order valence-electron chi connectivity index (χ2n) is 5.54. The maximum absolute atomic E-state index is 12.6. The van der Waals surface area contributed by atoms with Crippen LogP contribution in [0.1, 0.15) is 10.4 Å². The van der Waals surface area contributed by atoms with Crippen molar-refractivity contribution in [1.29, 1.82) is 0 Å². The monoisotopic (exact) mass is 395 g/mol. The molecule has 0 atom stereocenters. The van der Waals surface area contributed by atoms with Crippen LogP contribution in [0.2, 0.25) is 0 Å². The van der Waals surface area contributed by atoms with Gasteiger partial charge in [0.15, 0.2) is 0 Å². The van der Waals surface area contributed by atoms with Crippen molar-refractivity contribution in [3.63, 3.8) is 0 Å². The van der Waals surface area contributed by atoms with E-state index in [1.165, 1.54) is 0 Å². The van der Waals surface area contributed by atoms with Gasteiger partial charge in [-0.15, -0.1) is 24.8 Å². The third-order valence-corrected chi connectivity index (χ3v) is 3.93. The lowest BCUT2D eigenvalue weighted by Crippen LogP contribution is -2.33. The summed E-state index contributed by atoms with van der Waals surface area (Å²) in [7, 11) is 1.67. The lowest BCUT2D eigenvalue weighted by Gasteiger charge is -2.10. The fraction of sp³-hybridized carbons (Fsp3) is 0.263. The minimum absolute atomic E-state index is 0. The van der Waals surface area contributed by atoms with E-state index in [0.29, 0.717) is 25.3 Å². The molecule has 7 heteroatoms. The van der Waals surface area contributed by atoms with Gasteiger partial charge in [-0.05, 0) is 22.9 Å². The van der Waals surface area contributed by atoms with Crippen molar-refractivity contribution in [3.05, 3.63) is 54.2 Å². The molecule has 0 aliphatic rings. The summed E-state index contributed by atoms with van der Waals surface area (Å²) in [6.45, 7) is 2.69. The number of ether oxygens (including phenoxy) is 1. The minimum Gasteiger partial charge on any atom is -0.383 e. The number of hydrogen-bond acceptors (Lipinski definition) is 4. The zero-order valence-electron chi connectivity index (χ0n) is 14.5. The van der Waals surface area contributed by atoms with Gasteiger partial charge in [0.05, 0.1) is 17.7 Å². The van der Waals surface area contributed by atoms with Crippen LogP contribution in [0, 0.1) is 0 Å². The average molecular weight is 396 g/mol. The summed E-state index contributed by atoms with van der Waals surface area (Å²) >= 11 is 0. The zero-order valence-corrected chi connectivity index (χ0v) is 16.2. The van der Waals surface area contributed by atoms with Gasteiger partial charge in [0.1, 0.15) is 0 Å². The van der Waals surface area contributed by atoms with Gasteiger partial charge in [0, 0.05) is 38.3 Å². The van der Waals surface area contributed by atoms with Gasteiger partial charge in [-0.1, -0.05) is 30.3 Å². The van der Waals surface area contributed by atoms with Crippen LogP contribution in [0.5, 0.6) is 0 Å². The minimum atomic E-state index is -0.0991. The second-order valence-corrected chi connectivity index (χ2v) is 5.54. The Morgan fingerprint density at radius 3 is 2.62 bits per heavy atom. The maximum Gasteiger partial charge on any atom is 0.253 e. The number of rotatable bonds is 7. The molecule has 0 aliphatic heterocycles. The number of halogens is 2. The molecular formula is C19H23Cl2N3O2. The first-order chi connectivity index (χ1) is 11.8. The van der Waals surface area contributed by atoms with Crippen LogP contribution in [0.25, 0.3) is 21.7 Å². The fourth-order valence-electron chi connectivity index (χ4n) is 2.76. The van der Waals surface area contributed by atoms with Crippen LogP contribution in [-0.2, 0) is 4.74 Å². The first kappa shape index (κ1) is 22.1. The van der Waals surface area contributed by atoms with Crippen LogP contribution >= 0.6 is 24.8 Å². The largest absolute Gasteiger partial charge is 0.383 e. The number of amides is 1. The topological polar surface area (TPSA) is 63.2 Å². The van der Waals surface area contributed by atoms with Crippen LogP contribution in [-0.4, -0.2) is 44.2 Å². The highest BCUT2D eigenvalue weighted by Gasteiger charge is 2.13. The number of nitrogens with zero attached hydrogens (tertiary/aromatic N) is 1. The number of methoxy groups -OCH3 is 1. The van der Waals surface area contributed by atoms with E-state index in [1.807, 2.05) is 36.4 Å². The van der Waals surface area contributed by atoms with E-state index in [1.54, 1.807) is 13.3 Å². The summed E-state index contributed by atoms with van der Waals surface area (Å²) in [5, 5.41) is 9.31. The number of hydrogen-bond donors (Lipinski definition) is 2. The molecule has 0 saturated carbocycles. The molecule has 0 spiro atoms. The van der Waals surface area contributed by atoms with Gasteiger partial charge in [-0.3, -0.25) is 9.78 Å². The second kappa shape index (κ2) is 10.9. The number of benzene rings is 2. The van der Waals surface area contributed by atoms with E-state index in [4.69, 9.17) is 4.74 Å². The molecular weight excluding hydrogens is 373 g/mol. The van der Waals surface area contributed by atoms with Crippen molar-refractivity contribution in [2.45, 2.75) is 0 Å². The highest BCUT2D eigenvalue weighted by atomic mass is 35.5. The molecule has 0 bridgehead atoms. The lowest BCUT2D eigenvalue weighted by atomic mass is 10.0. The summed E-state index contributed by atoms with van der Waals surface area (Å²) in [6.07, 6.45) is 1.72. The molecule has 0 fully saturated rings. The Balaban J connectivity index is 0.00000169. The molecule has 0 saturated heterocycles. The van der Waals surface area contributed by atoms with E-state index in [-0.39, 0.29) is 30.7 Å². The van der Waals surface area contributed by atoms with Crippen molar-refractivity contribution in [2.24, 2.45) is 0 Å². The number of fused-ring (bicyclic) bond motifs is 3. The van der Waals surface area contributed by atoms with Crippen LogP contribution in [0.15, 0.2) is 48.7 Å². The highest BCUT2D eigenvalue weighted by molar-refractivity contribution is 6.15. The molecule has 0 radical (unpaired) electrons. The Labute approximate surface area is 165 Å². The van der Waals surface area contributed by atoms with Crippen molar-refractivity contribution in [1.82, 2.24) is 15.6 Å². The SMILES string of the molecule is COCCNCCNC(=O)c1cc2ccccc2c2cccnc12.Cl.Cl. The number of nitrogens with one attached hydrogen (secondary N) is 2. The van der Waals surface area contributed by atoms with Gasteiger partial charge in [0.2, 0.25) is 0 Å². The third-order valence-electron chi connectivity index (χ3n) is 3.93. The molecule has 1 aromatic heterocycles. The average Bonchev–Trinajstić information content (AvgIpc) is 2.63. The van der Waals surface area contributed by atoms with Gasteiger partial charge in [-0.2, -0.15) is 0 Å². The zero-order chi connectivity index (χ0) is 16.8. The number of carbonyl (C=O) groups is 1. The fourth-order valence-corrected chi connectivity index (χ4v) is 2.76. The predicted molar refractivity (Wildman–Crippen MR) is 111 cm³/mol. The van der Waals surface area contributed by atoms with Gasteiger partial charge < -0.3 is 15.4 Å². The molecule has 5 nitrogen and oxygen atoms in total. The summed E-state index contributed by atoms with van der Waals surface area (Å²) in [6, 6.07) is 13.9. The Bertz CT molecular complexity index is 858. The van der Waals surface area contributed by atoms with Crippen LogP contribution < -0.4 is 10.6 Å². The molecule has 3 aromatic rings. The predicted octanol–water partition coefficient (Wildman–Crippen LogP) is 3.20.